The van der Waals surface area contributed by atoms with Crippen molar-refractivity contribution in [1.29, 1.82) is 0 Å². The second-order valence-corrected chi connectivity index (χ2v) is 11.9. The van der Waals surface area contributed by atoms with E-state index in [4.69, 9.17) is 15.2 Å². The summed E-state index contributed by atoms with van der Waals surface area (Å²) < 4.78 is 10.5. The van der Waals surface area contributed by atoms with Crippen molar-refractivity contribution in [2.45, 2.75) is 51.9 Å². The number of carbonyl (C=O) groups excluding carboxylic acids is 3. The van der Waals surface area contributed by atoms with Gasteiger partial charge in [-0.15, -0.1) is 0 Å². The lowest BCUT2D eigenvalue weighted by Crippen LogP contribution is -2.46. The van der Waals surface area contributed by atoms with Gasteiger partial charge in [0, 0.05) is 0 Å². The molecule has 6 rings (SSSR count). The van der Waals surface area contributed by atoms with Crippen molar-refractivity contribution in [1.82, 2.24) is 0 Å². The van der Waals surface area contributed by atoms with Crippen molar-refractivity contribution in [3.05, 3.63) is 35.9 Å². The van der Waals surface area contributed by atoms with Crippen LogP contribution in [0.15, 0.2) is 30.3 Å². The van der Waals surface area contributed by atoms with Crippen LogP contribution in [0.1, 0.15) is 57.4 Å². The van der Waals surface area contributed by atoms with E-state index in [2.05, 4.69) is 31.2 Å². The van der Waals surface area contributed by atoms with E-state index in [9.17, 15) is 14.4 Å². The van der Waals surface area contributed by atoms with E-state index in [-0.39, 0.29) is 42.4 Å². The standard InChI is InChI=1S/C28H35NO5/c1-14-22(26(31)34-25(14)30)24-19-11-17(10-18(19)16-6-4-3-5-7-16)23(24)20-8-15-9-21(20)28(2,12-15)27(32)33-13-29/h3-7,14-15,17-24H,8-13,29H2,1-2H3. The quantitative estimate of drug-likeness (QED) is 0.403. The van der Waals surface area contributed by atoms with Crippen molar-refractivity contribution in [3.8, 4) is 0 Å². The summed E-state index contributed by atoms with van der Waals surface area (Å²) in [7, 11) is 0. The highest BCUT2D eigenvalue weighted by Crippen LogP contribution is 2.70. The van der Waals surface area contributed by atoms with Crippen molar-refractivity contribution < 1.29 is 23.9 Å². The smallest absolute Gasteiger partial charge is 0.317 e. The van der Waals surface area contributed by atoms with Gasteiger partial charge in [-0.25, -0.2) is 0 Å². The fraction of sp³-hybridized carbons (Fsp3) is 0.679. The van der Waals surface area contributed by atoms with Crippen molar-refractivity contribution >= 4 is 17.9 Å². The normalized spacial score (nSPS) is 46.8. The number of cyclic esters (lactones) is 2. The van der Waals surface area contributed by atoms with Gasteiger partial charge >= 0.3 is 17.9 Å². The van der Waals surface area contributed by atoms with Crippen LogP contribution < -0.4 is 5.73 Å². The molecular formula is C28H35NO5. The van der Waals surface area contributed by atoms with Crippen molar-refractivity contribution in [3.63, 3.8) is 0 Å². The van der Waals surface area contributed by atoms with Gasteiger partial charge in [0.15, 0.2) is 0 Å². The summed E-state index contributed by atoms with van der Waals surface area (Å²) in [6.07, 6.45) is 5.24. The predicted octanol–water partition coefficient (Wildman–Crippen LogP) is 3.89. The van der Waals surface area contributed by atoms with Gasteiger partial charge in [-0.2, -0.15) is 0 Å². The van der Waals surface area contributed by atoms with Crippen molar-refractivity contribution in [2.24, 2.45) is 64.4 Å². The van der Waals surface area contributed by atoms with Gasteiger partial charge < -0.3 is 9.47 Å². The molecule has 0 spiro atoms. The lowest BCUT2D eigenvalue weighted by Gasteiger charge is -2.47. The Morgan fingerprint density at radius 1 is 1.06 bits per heavy atom. The number of esters is 3. The molecule has 5 aliphatic rings. The summed E-state index contributed by atoms with van der Waals surface area (Å²) in [6.45, 7) is 3.84. The number of fused-ring (bicyclic) bond motifs is 4. The number of ether oxygens (including phenoxy) is 2. The number of nitrogens with two attached hydrogens (primary N) is 1. The summed E-state index contributed by atoms with van der Waals surface area (Å²) in [5, 5.41) is 0. The minimum Gasteiger partial charge on any atom is -0.450 e. The second-order valence-electron chi connectivity index (χ2n) is 11.9. The molecular weight excluding hydrogens is 430 g/mol. The Morgan fingerprint density at radius 3 is 2.47 bits per heavy atom. The van der Waals surface area contributed by atoms with Gasteiger partial charge in [-0.05, 0) is 91.9 Å². The molecule has 4 aliphatic carbocycles. The largest absolute Gasteiger partial charge is 0.450 e. The predicted molar refractivity (Wildman–Crippen MR) is 124 cm³/mol. The average molecular weight is 466 g/mol. The highest BCUT2D eigenvalue weighted by atomic mass is 16.6. The Labute approximate surface area is 200 Å². The lowest BCUT2D eigenvalue weighted by molar-refractivity contribution is -0.161. The molecule has 1 saturated heterocycles. The van der Waals surface area contributed by atoms with E-state index in [0.717, 1.165) is 32.1 Å². The van der Waals surface area contributed by atoms with E-state index in [0.29, 0.717) is 35.5 Å². The maximum atomic E-state index is 13.0. The number of carbonyl (C=O) groups is 3. The van der Waals surface area contributed by atoms with Crippen LogP contribution in [-0.2, 0) is 23.9 Å². The molecule has 1 heterocycles. The Bertz CT molecular complexity index is 1010. The zero-order valence-corrected chi connectivity index (χ0v) is 20.0. The van der Waals surface area contributed by atoms with E-state index in [1.165, 1.54) is 5.56 Å². The fourth-order valence-corrected chi connectivity index (χ4v) is 9.51. The van der Waals surface area contributed by atoms with E-state index < -0.39 is 11.3 Å². The molecule has 6 heteroatoms. The lowest BCUT2D eigenvalue weighted by atomic mass is 9.56. The van der Waals surface area contributed by atoms with Gasteiger partial charge in [-0.3, -0.25) is 20.1 Å². The Balaban J connectivity index is 1.36. The molecule has 11 atom stereocenters. The molecule has 182 valence electrons. The Morgan fingerprint density at radius 2 is 1.82 bits per heavy atom. The molecule has 0 aromatic heterocycles. The number of benzene rings is 1. The summed E-state index contributed by atoms with van der Waals surface area (Å²) >= 11 is 0. The van der Waals surface area contributed by atoms with Crippen LogP contribution in [0.4, 0.5) is 0 Å². The number of hydrogen-bond donors (Lipinski definition) is 1. The molecule has 1 aliphatic heterocycles. The minimum absolute atomic E-state index is 0.0838. The molecule has 1 aromatic rings. The van der Waals surface area contributed by atoms with Crippen LogP contribution in [0.25, 0.3) is 0 Å². The summed E-state index contributed by atoms with van der Waals surface area (Å²) in [6, 6.07) is 10.6. The highest BCUT2D eigenvalue weighted by molar-refractivity contribution is 5.96. The topological polar surface area (TPSA) is 95.7 Å². The second kappa shape index (κ2) is 7.91. The molecule has 4 saturated carbocycles. The first-order valence-corrected chi connectivity index (χ1v) is 13.0. The Hall–Kier alpha value is -2.21. The zero-order chi connectivity index (χ0) is 23.8. The van der Waals surface area contributed by atoms with Gasteiger partial charge in [0.2, 0.25) is 0 Å². The maximum absolute atomic E-state index is 13.0. The SMILES string of the molecule is CC1C(=O)OC(=O)C1C1C2CC(CC2c2ccccc2)C1C1CC2CC1C(C)(C(=O)OCN)C2. The molecule has 6 nitrogen and oxygen atoms in total. The van der Waals surface area contributed by atoms with Gasteiger partial charge in [0.1, 0.15) is 6.73 Å². The molecule has 0 radical (unpaired) electrons. The van der Waals surface area contributed by atoms with Gasteiger partial charge in [0.25, 0.3) is 0 Å². The average Bonchev–Trinajstić information content (AvgIpc) is 3.61. The molecule has 1 aromatic carbocycles. The zero-order valence-electron chi connectivity index (χ0n) is 20.0. The van der Waals surface area contributed by atoms with E-state index in [1.54, 1.807) is 0 Å². The first kappa shape index (κ1) is 22.3. The van der Waals surface area contributed by atoms with Crippen LogP contribution in [0.2, 0.25) is 0 Å². The Kier molecular flexibility index (Phi) is 5.18. The molecule has 0 amide bonds. The van der Waals surface area contributed by atoms with Gasteiger partial charge in [-0.1, -0.05) is 37.3 Å². The highest BCUT2D eigenvalue weighted by Gasteiger charge is 2.66. The van der Waals surface area contributed by atoms with E-state index in [1.807, 2.05) is 13.0 Å². The molecule has 4 bridgehead atoms. The summed E-state index contributed by atoms with van der Waals surface area (Å²) in [4.78, 5) is 38.4. The van der Waals surface area contributed by atoms with Crippen LogP contribution in [0, 0.1) is 58.7 Å². The molecule has 34 heavy (non-hydrogen) atoms. The molecule has 11 unspecified atom stereocenters. The van der Waals surface area contributed by atoms with Gasteiger partial charge in [0.05, 0.1) is 17.3 Å². The van der Waals surface area contributed by atoms with Crippen LogP contribution in [0.3, 0.4) is 0 Å². The van der Waals surface area contributed by atoms with Crippen molar-refractivity contribution in [2.75, 3.05) is 6.73 Å². The first-order valence-electron chi connectivity index (χ1n) is 13.0. The minimum atomic E-state index is -0.504. The van der Waals surface area contributed by atoms with Crippen LogP contribution in [-0.4, -0.2) is 24.6 Å². The maximum Gasteiger partial charge on any atom is 0.317 e. The third kappa shape index (κ3) is 3.06. The third-order valence-electron chi connectivity index (χ3n) is 10.6. The summed E-state index contributed by atoms with van der Waals surface area (Å²) in [5.74, 6) is 1.25. The van der Waals surface area contributed by atoms with Crippen LogP contribution in [0.5, 0.6) is 0 Å². The van der Waals surface area contributed by atoms with E-state index >= 15 is 0 Å². The monoisotopic (exact) mass is 465 g/mol. The summed E-state index contributed by atoms with van der Waals surface area (Å²) in [5.41, 5.74) is 6.39. The molecule has 5 fully saturated rings. The third-order valence-corrected chi connectivity index (χ3v) is 10.6. The van der Waals surface area contributed by atoms with Crippen LogP contribution >= 0.6 is 0 Å². The fourth-order valence-electron chi connectivity index (χ4n) is 9.51. The number of rotatable bonds is 5. The number of hydrogen-bond acceptors (Lipinski definition) is 6. The molecule has 2 N–H and O–H groups in total. The first-order chi connectivity index (χ1) is 16.3.